The van der Waals surface area contributed by atoms with Gasteiger partial charge in [-0.2, -0.15) is 5.10 Å². The SMILES string of the molecule is CCOC(=O)c1c(-c2cc3ccccc3oc2=O)nn(-c2cccc(Cl)c2)c1C(=O)OCC. The second-order valence-corrected chi connectivity index (χ2v) is 7.33. The van der Waals surface area contributed by atoms with Crippen LogP contribution in [-0.4, -0.2) is 34.9 Å². The van der Waals surface area contributed by atoms with Gasteiger partial charge >= 0.3 is 17.6 Å². The summed E-state index contributed by atoms with van der Waals surface area (Å²) in [6.45, 7) is 3.39. The number of nitrogens with zero attached hydrogens (tertiary/aromatic N) is 2. The first-order valence-electron chi connectivity index (χ1n) is 10.2. The fourth-order valence-electron chi connectivity index (χ4n) is 3.41. The van der Waals surface area contributed by atoms with Gasteiger partial charge in [0.25, 0.3) is 0 Å². The summed E-state index contributed by atoms with van der Waals surface area (Å²) in [5.41, 5.74) is -0.376. The molecule has 2 aromatic carbocycles. The van der Waals surface area contributed by atoms with Gasteiger partial charge in [0.2, 0.25) is 0 Å². The van der Waals surface area contributed by atoms with Crippen LogP contribution in [0.15, 0.2) is 63.8 Å². The second kappa shape index (κ2) is 9.30. The lowest BCUT2D eigenvalue weighted by Gasteiger charge is -2.09. The number of carbonyl (C=O) groups excluding carboxylic acids is 2. The molecule has 0 amide bonds. The molecule has 9 heteroatoms. The van der Waals surface area contributed by atoms with E-state index in [1.54, 1.807) is 68.4 Å². The first kappa shape index (κ1) is 22.3. The molecule has 0 N–H and O–H groups in total. The number of halogens is 1. The Morgan fingerprint density at radius 2 is 1.73 bits per heavy atom. The zero-order chi connectivity index (χ0) is 23.5. The Morgan fingerprint density at radius 3 is 2.45 bits per heavy atom. The maximum Gasteiger partial charge on any atom is 0.357 e. The van der Waals surface area contributed by atoms with Crippen molar-refractivity contribution in [2.24, 2.45) is 0 Å². The molecule has 0 saturated carbocycles. The van der Waals surface area contributed by atoms with Crippen molar-refractivity contribution >= 4 is 34.5 Å². The quantitative estimate of drug-likeness (QED) is 0.301. The maximum absolute atomic E-state index is 13.0. The molecule has 33 heavy (non-hydrogen) atoms. The van der Waals surface area contributed by atoms with Crippen LogP contribution in [0, 0.1) is 0 Å². The smallest absolute Gasteiger partial charge is 0.357 e. The predicted molar refractivity (Wildman–Crippen MR) is 122 cm³/mol. The lowest BCUT2D eigenvalue weighted by molar-refractivity contribution is 0.0473. The van der Waals surface area contributed by atoms with E-state index < -0.39 is 17.6 Å². The summed E-state index contributed by atoms with van der Waals surface area (Å²) in [6, 6.07) is 15.0. The van der Waals surface area contributed by atoms with Crippen LogP contribution in [0.2, 0.25) is 5.02 Å². The Balaban J connectivity index is 2.07. The fraction of sp³-hybridized carbons (Fsp3) is 0.167. The van der Waals surface area contributed by atoms with Gasteiger partial charge in [0.05, 0.1) is 24.5 Å². The average Bonchev–Trinajstić information content (AvgIpc) is 3.19. The lowest BCUT2D eigenvalue weighted by atomic mass is 10.1. The molecule has 0 spiro atoms. The van der Waals surface area contributed by atoms with E-state index in [0.29, 0.717) is 21.7 Å². The fourth-order valence-corrected chi connectivity index (χ4v) is 3.60. The highest BCUT2D eigenvalue weighted by Crippen LogP contribution is 2.30. The van der Waals surface area contributed by atoms with Gasteiger partial charge < -0.3 is 13.9 Å². The van der Waals surface area contributed by atoms with Crippen LogP contribution < -0.4 is 5.63 Å². The largest absolute Gasteiger partial charge is 0.462 e. The number of hydrogen-bond acceptors (Lipinski definition) is 7. The van der Waals surface area contributed by atoms with Crippen LogP contribution >= 0.6 is 11.6 Å². The van der Waals surface area contributed by atoms with Crippen LogP contribution in [-0.2, 0) is 9.47 Å². The van der Waals surface area contributed by atoms with Gasteiger partial charge in [0, 0.05) is 10.4 Å². The molecular weight excluding hydrogens is 448 g/mol. The molecule has 8 nitrogen and oxygen atoms in total. The lowest BCUT2D eigenvalue weighted by Crippen LogP contribution is -2.17. The van der Waals surface area contributed by atoms with Crippen LogP contribution in [0.5, 0.6) is 0 Å². The van der Waals surface area contributed by atoms with E-state index in [1.807, 2.05) is 0 Å². The Morgan fingerprint density at radius 1 is 1.00 bits per heavy atom. The third kappa shape index (κ3) is 4.25. The van der Waals surface area contributed by atoms with E-state index in [2.05, 4.69) is 5.10 Å². The van der Waals surface area contributed by atoms with Gasteiger partial charge in [-0.05, 0) is 44.2 Å². The summed E-state index contributed by atoms with van der Waals surface area (Å²) < 4.78 is 17.0. The number of ether oxygens (including phenoxy) is 2. The highest BCUT2D eigenvalue weighted by atomic mass is 35.5. The van der Waals surface area contributed by atoms with Gasteiger partial charge in [-0.25, -0.2) is 19.1 Å². The normalized spacial score (nSPS) is 10.9. The van der Waals surface area contributed by atoms with Gasteiger partial charge in [0.1, 0.15) is 16.8 Å². The summed E-state index contributed by atoms with van der Waals surface area (Å²) >= 11 is 6.14. The van der Waals surface area contributed by atoms with Gasteiger partial charge in [-0.3, -0.25) is 0 Å². The predicted octanol–water partition coefficient (Wildman–Crippen LogP) is 4.65. The summed E-state index contributed by atoms with van der Waals surface area (Å²) in [7, 11) is 0. The zero-order valence-corrected chi connectivity index (χ0v) is 18.6. The molecule has 0 radical (unpaired) electrons. The van der Waals surface area contributed by atoms with Gasteiger partial charge in [-0.1, -0.05) is 35.9 Å². The Kier molecular flexibility index (Phi) is 6.28. The summed E-state index contributed by atoms with van der Waals surface area (Å²) in [6.07, 6.45) is 0. The summed E-state index contributed by atoms with van der Waals surface area (Å²) in [4.78, 5) is 38.9. The number of fused-ring (bicyclic) bond motifs is 1. The van der Waals surface area contributed by atoms with Crippen molar-refractivity contribution in [3.8, 4) is 16.9 Å². The molecule has 0 bridgehead atoms. The van der Waals surface area contributed by atoms with Crippen molar-refractivity contribution in [2.45, 2.75) is 13.8 Å². The van der Waals surface area contributed by atoms with E-state index in [0.717, 1.165) is 0 Å². The molecule has 0 unspecified atom stereocenters. The van der Waals surface area contributed by atoms with Crippen molar-refractivity contribution < 1.29 is 23.5 Å². The number of benzene rings is 2. The number of para-hydroxylation sites is 1. The molecule has 168 valence electrons. The minimum Gasteiger partial charge on any atom is -0.462 e. The molecule has 0 saturated heterocycles. The van der Waals surface area contributed by atoms with Crippen LogP contribution in [0.1, 0.15) is 34.7 Å². The van der Waals surface area contributed by atoms with E-state index in [4.69, 9.17) is 25.5 Å². The number of esters is 2. The highest BCUT2D eigenvalue weighted by Gasteiger charge is 2.33. The van der Waals surface area contributed by atoms with Crippen molar-refractivity contribution in [3.63, 3.8) is 0 Å². The second-order valence-electron chi connectivity index (χ2n) is 6.89. The van der Waals surface area contributed by atoms with E-state index in [9.17, 15) is 14.4 Å². The number of rotatable bonds is 6. The van der Waals surface area contributed by atoms with E-state index in [1.165, 1.54) is 4.68 Å². The van der Waals surface area contributed by atoms with Crippen molar-refractivity contribution in [2.75, 3.05) is 13.2 Å². The van der Waals surface area contributed by atoms with Crippen LogP contribution in [0.3, 0.4) is 0 Å². The first-order valence-corrected chi connectivity index (χ1v) is 10.6. The molecule has 4 aromatic rings. The highest BCUT2D eigenvalue weighted by molar-refractivity contribution is 6.30. The molecule has 2 aromatic heterocycles. The summed E-state index contributed by atoms with van der Waals surface area (Å²) in [5.74, 6) is -1.62. The molecule has 0 fully saturated rings. The number of carbonyl (C=O) groups is 2. The molecule has 4 rings (SSSR count). The minimum absolute atomic E-state index is 0.00285. The monoisotopic (exact) mass is 466 g/mol. The summed E-state index contributed by atoms with van der Waals surface area (Å²) in [5, 5.41) is 5.48. The van der Waals surface area contributed by atoms with Crippen molar-refractivity contribution in [3.05, 3.63) is 81.3 Å². The van der Waals surface area contributed by atoms with Gasteiger partial charge in [0.15, 0.2) is 5.69 Å². The molecular formula is C24H19ClN2O6. The van der Waals surface area contributed by atoms with Crippen molar-refractivity contribution in [1.29, 1.82) is 0 Å². The Bertz CT molecular complexity index is 1420. The molecule has 0 atom stereocenters. The Labute approximate surface area is 193 Å². The first-order chi connectivity index (χ1) is 15.9. The number of aromatic nitrogens is 2. The van der Waals surface area contributed by atoms with Gasteiger partial charge in [-0.15, -0.1) is 0 Å². The maximum atomic E-state index is 13.0. The Hall–Kier alpha value is -3.91. The van der Waals surface area contributed by atoms with E-state index in [-0.39, 0.29) is 35.7 Å². The zero-order valence-electron chi connectivity index (χ0n) is 17.8. The van der Waals surface area contributed by atoms with Crippen LogP contribution in [0.4, 0.5) is 0 Å². The molecule has 0 aliphatic heterocycles. The topological polar surface area (TPSA) is 101 Å². The van der Waals surface area contributed by atoms with E-state index >= 15 is 0 Å². The third-order valence-corrected chi connectivity index (χ3v) is 5.02. The number of hydrogen-bond donors (Lipinski definition) is 0. The molecule has 2 heterocycles. The van der Waals surface area contributed by atoms with Crippen molar-refractivity contribution in [1.82, 2.24) is 9.78 Å². The standard InChI is InChI=1S/C24H19ClN2O6/c1-3-31-23(29)19-20(17-12-14-8-5-6-11-18(14)33-22(17)28)26-27(21(19)24(30)32-4-2)16-10-7-9-15(25)13-16/h5-13H,3-4H2,1-2H3. The molecule has 0 aliphatic carbocycles. The minimum atomic E-state index is -0.823. The average molecular weight is 467 g/mol. The molecule has 0 aliphatic rings. The van der Waals surface area contributed by atoms with Crippen LogP contribution in [0.25, 0.3) is 27.9 Å². The third-order valence-electron chi connectivity index (χ3n) is 4.78.